The minimum absolute atomic E-state index is 0.284. The molecule has 0 radical (unpaired) electrons. The Bertz CT molecular complexity index is 902. The lowest BCUT2D eigenvalue weighted by molar-refractivity contribution is -0.117. The molecule has 1 aromatic carbocycles. The van der Waals surface area contributed by atoms with Crippen LogP contribution in [0.2, 0.25) is 0 Å². The van der Waals surface area contributed by atoms with Crippen molar-refractivity contribution in [2.24, 2.45) is 5.73 Å². The third kappa shape index (κ3) is 3.89. The van der Waals surface area contributed by atoms with Gasteiger partial charge in [0.1, 0.15) is 0 Å². The number of fused-ring (bicyclic) bond motifs is 1. The second-order valence-electron chi connectivity index (χ2n) is 6.32. The number of sulfonamides is 1. The highest BCUT2D eigenvalue weighted by atomic mass is 32.2. The second kappa shape index (κ2) is 7.98. The first-order valence-electron chi connectivity index (χ1n) is 8.85. The Morgan fingerprint density at radius 1 is 1.27 bits per heavy atom. The highest BCUT2D eigenvalue weighted by molar-refractivity contribution is 7.99. The monoisotopic (exact) mass is 396 g/mol. The number of benzene rings is 1. The summed E-state index contributed by atoms with van der Waals surface area (Å²) in [6.07, 6.45) is 3.18. The van der Waals surface area contributed by atoms with Crippen LogP contribution in [0.15, 0.2) is 28.3 Å². The Morgan fingerprint density at radius 3 is 2.65 bits per heavy atom. The van der Waals surface area contributed by atoms with E-state index in [-0.39, 0.29) is 12.3 Å². The Morgan fingerprint density at radius 2 is 2.00 bits per heavy atom. The summed E-state index contributed by atoms with van der Waals surface area (Å²) in [6.45, 7) is 3.89. The van der Waals surface area contributed by atoms with Gasteiger partial charge in [0.15, 0.2) is 5.16 Å². The molecule has 3 rings (SSSR count). The molecular formula is C17H24N4O3S2. The van der Waals surface area contributed by atoms with E-state index in [0.29, 0.717) is 35.8 Å². The predicted molar refractivity (Wildman–Crippen MR) is 103 cm³/mol. The van der Waals surface area contributed by atoms with Crippen molar-refractivity contribution in [2.45, 2.75) is 49.2 Å². The van der Waals surface area contributed by atoms with E-state index in [1.54, 1.807) is 16.4 Å². The Labute approximate surface area is 158 Å². The molecule has 1 amide bonds. The van der Waals surface area contributed by atoms with Gasteiger partial charge in [0.2, 0.25) is 15.9 Å². The predicted octanol–water partition coefficient (Wildman–Crippen LogP) is 2.20. The first-order chi connectivity index (χ1) is 12.4. The van der Waals surface area contributed by atoms with Crippen LogP contribution in [-0.4, -0.2) is 47.0 Å². The average molecular weight is 397 g/mol. The number of hydrogen-bond acceptors (Lipinski definition) is 5. The van der Waals surface area contributed by atoms with Crippen molar-refractivity contribution >= 4 is 38.7 Å². The molecule has 1 aliphatic heterocycles. The zero-order valence-electron chi connectivity index (χ0n) is 14.8. The van der Waals surface area contributed by atoms with Crippen LogP contribution in [0.3, 0.4) is 0 Å². The minimum atomic E-state index is -3.48. The van der Waals surface area contributed by atoms with Crippen molar-refractivity contribution in [3.05, 3.63) is 18.2 Å². The molecular weight excluding hydrogens is 372 g/mol. The summed E-state index contributed by atoms with van der Waals surface area (Å²) < 4.78 is 29.3. The number of nitrogens with two attached hydrogens (primary N) is 1. The highest BCUT2D eigenvalue weighted by Gasteiger charge is 2.26. The fourth-order valence-corrected chi connectivity index (χ4v) is 5.73. The first-order valence-corrected chi connectivity index (χ1v) is 11.3. The van der Waals surface area contributed by atoms with Crippen LogP contribution in [0.25, 0.3) is 11.0 Å². The van der Waals surface area contributed by atoms with Crippen molar-refractivity contribution in [3.63, 3.8) is 0 Å². The Balaban J connectivity index is 1.91. The van der Waals surface area contributed by atoms with Gasteiger partial charge in [-0.2, -0.15) is 4.31 Å². The van der Waals surface area contributed by atoms with Crippen molar-refractivity contribution in [2.75, 3.05) is 18.8 Å². The summed E-state index contributed by atoms with van der Waals surface area (Å²) in [7, 11) is -3.48. The summed E-state index contributed by atoms with van der Waals surface area (Å²) in [5.41, 5.74) is 6.74. The number of aromatic nitrogens is 2. The lowest BCUT2D eigenvalue weighted by atomic mass is 10.2. The largest absolute Gasteiger partial charge is 0.370 e. The third-order valence-corrected chi connectivity index (χ3v) is 7.41. The molecule has 1 saturated heterocycles. The first kappa shape index (κ1) is 19.2. The Hall–Kier alpha value is -1.58. The Kier molecular flexibility index (Phi) is 5.89. The topological polar surface area (TPSA) is 98.3 Å². The van der Waals surface area contributed by atoms with Crippen LogP contribution in [0, 0.1) is 0 Å². The lowest BCUT2D eigenvalue weighted by Gasteiger charge is -2.25. The van der Waals surface area contributed by atoms with E-state index in [0.717, 1.165) is 29.9 Å². The number of nitrogens with zero attached hydrogens (tertiary/aromatic N) is 3. The standard InChI is InChI=1S/C17H24N4O3S2/c1-2-21-15-7-6-13(26(23,24)20-9-4-3-5-10-20)12-14(15)19-17(21)25-11-8-16(18)22/h6-7,12H,2-5,8-11H2,1H3,(H2,18,22). The molecule has 0 unspecified atom stereocenters. The van der Waals surface area contributed by atoms with Crippen molar-refractivity contribution in [3.8, 4) is 0 Å². The second-order valence-corrected chi connectivity index (χ2v) is 9.32. The highest BCUT2D eigenvalue weighted by Crippen LogP contribution is 2.28. The maximum absolute atomic E-state index is 12.9. The molecule has 9 heteroatoms. The number of carbonyl (C=O) groups is 1. The van der Waals surface area contributed by atoms with E-state index in [9.17, 15) is 13.2 Å². The summed E-state index contributed by atoms with van der Waals surface area (Å²) >= 11 is 1.46. The van der Waals surface area contributed by atoms with E-state index >= 15 is 0 Å². The molecule has 1 fully saturated rings. The van der Waals surface area contributed by atoms with Gasteiger partial charge in [0.05, 0.1) is 15.9 Å². The van der Waals surface area contributed by atoms with Crippen molar-refractivity contribution in [1.29, 1.82) is 0 Å². The van der Waals surface area contributed by atoms with E-state index < -0.39 is 10.0 Å². The number of carbonyl (C=O) groups excluding carboxylic acids is 1. The third-order valence-electron chi connectivity index (χ3n) is 4.53. The zero-order chi connectivity index (χ0) is 18.7. The van der Waals surface area contributed by atoms with Gasteiger partial charge >= 0.3 is 0 Å². The molecule has 7 nitrogen and oxygen atoms in total. The molecule has 2 heterocycles. The van der Waals surface area contributed by atoms with Gasteiger partial charge in [-0.25, -0.2) is 13.4 Å². The van der Waals surface area contributed by atoms with Gasteiger partial charge < -0.3 is 10.3 Å². The number of primary amides is 1. The van der Waals surface area contributed by atoms with Crippen molar-refractivity contribution < 1.29 is 13.2 Å². The van der Waals surface area contributed by atoms with Crippen molar-refractivity contribution in [1.82, 2.24) is 13.9 Å². The number of imidazole rings is 1. The van der Waals surface area contributed by atoms with Crippen LogP contribution < -0.4 is 5.73 Å². The number of rotatable bonds is 7. The molecule has 2 N–H and O–H groups in total. The quantitative estimate of drug-likeness (QED) is 0.724. The maximum Gasteiger partial charge on any atom is 0.243 e. The molecule has 142 valence electrons. The van der Waals surface area contributed by atoms with Gasteiger partial charge in [0.25, 0.3) is 0 Å². The fourth-order valence-electron chi connectivity index (χ4n) is 3.16. The smallest absolute Gasteiger partial charge is 0.243 e. The van der Waals surface area contributed by atoms with Crippen LogP contribution >= 0.6 is 11.8 Å². The summed E-state index contributed by atoms with van der Waals surface area (Å²) in [4.78, 5) is 15.8. The van der Waals surface area contributed by atoms with Gasteiger partial charge in [-0.3, -0.25) is 4.79 Å². The number of thioether (sulfide) groups is 1. The molecule has 1 aromatic heterocycles. The zero-order valence-corrected chi connectivity index (χ0v) is 16.5. The molecule has 26 heavy (non-hydrogen) atoms. The molecule has 0 spiro atoms. The van der Waals surface area contributed by atoms with E-state index in [1.807, 2.05) is 17.6 Å². The summed E-state index contributed by atoms with van der Waals surface area (Å²) in [5.74, 6) is 0.212. The molecule has 0 aliphatic carbocycles. The van der Waals surface area contributed by atoms with Crippen LogP contribution in [0.1, 0.15) is 32.6 Å². The average Bonchev–Trinajstić information content (AvgIpc) is 2.98. The van der Waals surface area contributed by atoms with Gasteiger partial charge in [-0.05, 0) is 38.0 Å². The number of aryl methyl sites for hydroxylation is 1. The lowest BCUT2D eigenvalue weighted by Crippen LogP contribution is -2.35. The molecule has 2 aromatic rings. The number of piperidine rings is 1. The van der Waals surface area contributed by atoms with Gasteiger partial charge in [0, 0.05) is 31.8 Å². The van der Waals surface area contributed by atoms with E-state index in [2.05, 4.69) is 4.98 Å². The SMILES string of the molecule is CCn1c(SCCC(N)=O)nc2cc(S(=O)(=O)N3CCCCC3)ccc21. The van der Waals surface area contributed by atoms with E-state index in [1.165, 1.54) is 11.8 Å². The van der Waals surface area contributed by atoms with Crippen LogP contribution in [0.4, 0.5) is 0 Å². The number of hydrogen-bond donors (Lipinski definition) is 1. The summed E-state index contributed by atoms with van der Waals surface area (Å²) in [5, 5.41) is 0.774. The molecule has 0 saturated carbocycles. The molecule has 0 bridgehead atoms. The normalized spacial score (nSPS) is 16.2. The summed E-state index contributed by atoms with van der Waals surface area (Å²) in [6, 6.07) is 5.14. The van der Waals surface area contributed by atoms with Crippen LogP contribution in [0.5, 0.6) is 0 Å². The fraction of sp³-hybridized carbons (Fsp3) is 0.529. The minimum Gasteiger partial charge on any atom is -0.370 e. The van der Waals surface area contributed by atoms with E-state index in [4.69, 9.17) is 5.73 Å². The maximum atomic E-state index is 12.9. The van der Waals surface area contributed by atoms with Crippen LogP contribution in [-0.2, 0) is 21.4 Å². The number of amides is 1. The molecule has 0 atom stereocenters. The van der Waals surface area contributed by atoms with Gasteiger partial charge in [-0.1, -0.05) is 18.2 Å². The molecule has 1 aliphatic rings. The van der Waals surface area contributed by atoms with Gasteiger partial charge in [-0.15, -0.1) is 0 Å².